The normalized spacial score (nSPS) is 29.8. The molecule has 1 amide bonds. The zero-order chi connectivity index (χ0) is 12.5. The lowest BCUT2D eigenvalue weighted by molar-refractivity contribution is -0.131. The van der Waals surface area contributed by atoms with Crippen molar-refractivity contribution in [2.24, 2.45) is 0 Å². The van der Waals surface area contributed by atoms with Gasteiger partial charge in [0, 0.05) is 30.8 Å². The minimum absolute atomic E-state index is 0.0906. The van der Waals surface area contributed by atoms with Gasteiger partial charge in [0.1, 0.15) is 0 Å². The second-order valence-electron chi connectivity index (χ2n) is 4.43. The Morgan fingerprint density at radius 1 is 1.53 bits per heavy atom. The lowest BCUT2D eigenvalue weighted by Gasteiger charge is -2.20. The van der Waals surface area contributed by atoms with Gasteiger partial charge in [0.25, 0.3) is 0 Å². The molecule has 6 nitrogen and oxygen atoms in total. The van der Waals surface area contributed by atoms with Crippen LogP contribution < -0.4 is 10.0 Å². The molecule has 2 saturated heterocycles. The maximum atomic E-state index is 12.0. The number of carbonyl (C=O) groups excluding carboxylic acids is 1. The van der Waals surface area contributed by atoms with Crippen LogP contribution in [0.4, 0.5) is 0 Å². The first-order valence-electron chi connectivity index (χ1n) is 5.53. The summed E-state index contributed by atoms with van der Waals surface area (Å²) in [6.45, 7) is 1.11. The molecular formula is C9H17N3O3S2. The van der Waals surface area contributed by atoms with Crippen molar-refractivity contribution in [3.8, 4) is 0 Å². The van der Waals surface area contributed by atoms with Gasteiger partial charge in [0.2, 0.25) is 15.9 Å². The van der Waals surface area contributed by atoms with Gasteiger partial charge in [-0.15, -0.1) is 11.8 Å². The summed E-state index contributed by atoms with van der Waals surface area (Å²) in [7, 11) is -3.18. The Morgan fingerprint density at radius 3 is 2.88 bits per heavy atom. The Kier molecular flexibility index (Phi) is 3.96. The van der Waals surface area contributed by atoms with Crippen LogP contribution in [0.3, 0.4) is 0 Å². The van der Waals surface area contributed by atoms with Gasteiger partial charge in [-0.3, -0.25) is 10.1 Å². The third-order valence-electron chi connectivity index (χ3n) is 2.90. The van der Waals surface area contributed by atoms with Gasteiger partial charge < -0.3 is 4.90 Å². The van der Waals surface area contributed by atoms with Gasteiger partial charge in [0.15, 0.2) is 0 Å². The number of hydrogen-bond donors (Lipinski definition) is 2. The first-order valence-corrected chi connectivity index (χ1v) is 8.57. The van der Waals surface area contributed by atoms with Crippen LogP contribution in [0.1, 0.15) is 6.42 Å². The van der Waals surface area contributed by atoms with E-state index in [1.807, 2.05) is 0 Å². The van der Waals surface area contributed by atoms with E-state index in [4.69, 9.17) is 0 Å². The van der Waals surface area contributed by atoms with Gasteiger partial charge in [-0.25, -0.2) is 13.1 Å². The number of nitrogens with zero attached hydrogens (tertiary/aromatic N) is 1. The number of hydrogen-bond acceptors (Lipinski definition) is 5. The summed E-state index contributed by atoms with van der Waals surface area (Å²) in [4.78, 5) is 13.8. The van der Waals surface area contributed by atoms with Gasteiger partial charge in [0.05, 0.1) is 12.3 Å². The van der Waals surface area contributed by atoms with E-state index < -0.39 is 10.0 Å². The van der Waals surface area contributed by atoms with Crippen molar-refractivity contribution in [2.75, 3.05) is 31.0 Å². The standard InChI is InChI=1S/C9H17N3O3S2/c1-17(14,15)11-7-2-3-12(4-7)9(13)8-5-16-6-10-8/h7-8,10-11H,2-6H2,1H3/t7-,8-/m0/s1. The maximum Gasteiger partial charge on any atom is 0.240 e. The first-order chi connectivity index (χ1) is 7.96. The van der Waals surface area contributed by atoms with Crippen molar-refractivity contribution in [2.45, 2.75) is 18.5 Å². The van der Waals surface area contributed by atoms with Crippen LogP contribution in [0.25, 0.3) is 0 Å². The monoisotopic (exact) mass is 279 g/mol. The number of nitrogens with one attached hydrogen (secondary N) is 2. The molecule has 98 valence electrons. The van der Waals surface area contributed by atoms with Gasteiger partial charge in [-0.05, 0) is 6.42 Å². The van der Waals surface area contributed by atoms with E-state index in [1.54, 1.807) is 16.7 Å². The highest BCUT2D eigenvalue weighted by molar-refractivity contribution is 7.99. The molecular weight excluding hydrogens is 262 g/mol. The van der Waals surface area contributed by atoms with Crippen molar-refractivity contribution in [1.82, 2.24) is 14.9 Å². The minimum Gasteiger partial charge on any atom is -0.340 e. The largest absolute Gasteiger partial charge is 0.340 e. The predicted octanol–water partition coefficient (Wildman–Crippen LogP) is -1.20. The Labute approximate surface area is 106 Å². The predicted molar refractivity (Wildman–Crippen MR) is 67.2 cm³/mol. The number of carbonyl (C=O) groups is 1. The van der Waals surface area contributed by atoms with Crippen LogP contribution in [-0.2, 0) is 14.8 Å². The summed E-state index contributed by atoms with van der Waals surface area (Å²) in [5.41, 5.74) is 0. The topological polar surface area (TPSA) is 78.5 Å². The fourth-order valence-electron chi connectivity index (χ4n) is 2.13. The lowest BCUT2D eigenvalue weighted by Crippen LogP contribution is -2.45. The Balaban J connectivity index is 1.87. The minimum atomic E-state index is -3.18. The van der Waals surface area contributed by atoms with Crippen LogP contribution in [0.2, 0.25) is 0 Å². The van der Waals surface area contributed by atoms with E-state index in [2.05, 4.69) is 10.0 Å². The Morgan fingerprint density at radius 2 is 2.29 bits per heavy atom. The van der Waals surface area contributed by atoms with E-state index >= 15 is 0 Å². The van der Waals surface area contributed by atoms with E-state index in [9.17, 15) is 13.2 Å². The molecule has 0 aromatic heterocycles. The molecule has 0 unspecified atom stereocenters. The highest BCUT2D eigenvalue weighted by atomic mass is 32.2. The van der Waals surface area contributed by atoms with E-state index in [0.29, 0.717) is 19.5 Å². The van der Waals surface area contributed by atoms with Crippen molar-refractivity contribution in [3.63, 3.8) is 0 Å². The smallest absolute Gasteiger partial charge is 0.240 e. The molecule has 2 atom stereocenters. The quantitative estimate of drug-likeness (QED) is 0.678. The summed E-state index contributed by atoms with van der Waals surface area (Å²) in [5, 5.41) is 3.13. The van der Waals surface area contributed by atoms with Gasteiger partial charge >= 0.3 is 0 Å². The molecule has 0 aromatic rings. The molecule has 2 rings (SSSR count). The number of sulfonamides is 1. The molecule has 2 heterocycles. The molecule has 2 aliphatic rings. The summed E-state index contributed by atoms with van der Waals surface area (Å²) in [5.74, 6) is 1.71. The van der Waals surface area contributed by atoms with E-state index in [0.717, 1.165) is 17.9 Å². The van der Waals surface area contributed by atoms with E-state index in [-0.39, 0.29) is 18.0 Å². The molecule has 2 aliphatic heterocycles. The van der Waals surface area contributed by atoms with Crippen molar-refractivity contribution < 1.29 is 13.2 Å². The fraction of sp³-hybridized carbons (Fsp3) is 0.889. The molecule has 0 aliphatic carbocycles. The molecule has 8 heteroatoms. The number of likely N-dealkylation sites (tertiary alicyclic amines) is 1. The van der Waals surface area contributed by atoms with Crippen LogP contribution in [-0.4, -0.2) is 62.3 Å². The van der Waals surface area contributed by atoms with Crippen molar-refractivity contribution in [3.05, 3.63) is 0 Å². The Hall–Kier alpha value is -0.310. The third-order valence-corrected chi connectivity index (χ3v) is 4.60. The molecule has 2 fully saturated rings. The average Bonchev–Trinajstić information content (AvgIpc) is 2.83. The second kappa shape index (κ2) is 5.13. The zero-order valence-electron chi connectivity index (χ0n) is 9.68. The van der Waals surface area contributed by atoms with Crippen LogP contribution in [0, 0.1) is 0 Å². The molecule has 0 aromatic carbocycles. The summed E-state index contributed by atoms with van der Waals surface area (Å²) < 4.78 is 24.7. The second-order valence-corrected chi connectivity index (χ2v) is 7.24. The number of rotatable bonds is 3. The van der Waals surface area contributed by atoms with Crippen LogP contribution >= 0.6 is 11.8 Å². The molecule has 0 saturated carbocycles. The maximum absolute atomic E-state index is 12.0. The highest BCUT2D eigenvalue weighted by Gasteiger charge is 2.33. The highest BCUT2D eigenvalue weighted by Crippen LogP contribution is 2.16. The first kappa shape index (κ1) is 13.1. The SMILES string of the molecule is CS(=O)(=O)N[C@H]1CCN(C(=O)[C@@H]2CSCN2)C1. The average molecular weight is 279 g/mol. The molecule has 0 spiro atoms. The zero-order valence-corrected chi connectivity index (χ0v) is 11.3. The van der Waals surface area contributed by atoms with Crippen molar-refractivity contribution >= 4 is 27.7 Å². The molecule has 17 heavy (non-hydrogen) atoms. The summed E-state index contributed by atoms with van der Waals surface area (Å²) in [6.07, 6.45) is 1.84. The van der Waals surface area contributed by atoms with Gasteiger partial charge in [-0.2, -0.15) is 0 Å². The summed E-state index contributed by atoms with van der Waals surface area (Å²) in [6, 6.07) is -0.236. The number of thioether (sulfide) groups is 1. The third kappa shape index (κ3) is 3.57. The molecule has 2 N–H and O–H groups in total. The fourth-order valence-corrected chi connectivity index (χ4v) is 3.86. The lowest BCUT2D eigenvalue weighted by atomic mass is 10.3. The van der Waals surface area contributed by atoms with E-state index in [1.165, 1.54) is 0 Å². The number of amides is 1. The van der Waals surface area contributed by atoms with Crippen molar-refractivity contribution in [1.29, 1.82) is 0 Å². The molecule has 0 radical (unpaired) electrons. The van der Waals surface area contributed by atoms with Crippen LogP contribution in [0.15, 0.2) is 0 Å². The van der Waals surface area contributed by atoms with Crippen LogP contribution in [0.5, 0.6) is 0 Å². The van der Waals surface area contributed by atoms with Gasteiger partial charge in [-0.1, -0.05) is 0 Å². The molecule has 0 bridgehead atoms. The Bertz CT molecular complexity index is 392. The summed E-state index contributed by atoms with van der Waals surface area (Å²) >= 11 is 1.71.